The Morgan fingerprint density at radius 1 is 1.53 bits per heavy atom. The molecule has 0 N–H and O–H groups in total. The zero-order chi connectivity index (χ0) is 13.5. The maximum atomic E-state index is 11.9. The molecule has 0 saturated heterocycles. The minimum atomic E-state index is -0.689. The standard InChI is InChI=1S/C13H14N2O3S/c1-3-17-12(16)13(4-5-13)11-14-10(15-18-11)9-7-19-6-8(9)2/h6-7H,3-5H2,1-2H3. The Kier molecular flexibility index (Phi) is 2.89. The maximum absolute atomic E-state index is 11.9. The molecule has 0 spiro atoms. The van der Waals surface area contributed by atoms with Gasteiger partial charge in [0.05, 0.1) is 6.61 Å². The lowest BCUT2D eigenvalue weighted by atomic mass is 10.1. The summed E-state index contributed by atoms with van der Waals surface area (Å²) in [7, 11) is 0. The van der Waals surface area contributed by atoms with E-state index in [0.29, 0.717) is 18.3 Å². The van der Waals surface area contributed by atoms with Crippen molar-refractivity contribution in [3.8, 4) is 11.4 Å². The number of aryl methyl sites for hydroxylation is 1. The normalized spacial score (nSPS) is 16.3. The van der Waals surface area contributed by atoms with Crippen LogP contribution >= 0.6 is 11.3 Å². The van der Waals surface area contributed by atoms with E-state index >= 15 is 0 Å². The van der Waals surface area contributed by atoms with Crippen LogP contribution in [-0.2, 0) is 14.9 Å². The van der Waals surface area contributed by atoms with Crippen LogP contribution in [0.25, 0.3) is 11.4 Å². The number of carbonyl (C=O) groups excluding carboxylic acids is 1. The van der Waals surface area contributed by atoms with Crippen molar-refractivity contribution < 1.29 is 14.1 Å². The third kappa shape index (κ3) is 1.96. The lowest BCUT2D eigenvalue weighted by Crippen LogP contribution is -2.23. The number of nitrogens with zero attached hydrogens (tertiary/aromatic N) is 2. The van der Waals surface area contributed by atoms with E-state index in [4.69, 9.17) is 9.26 Å². The third-order valence-electron chi connectivity index (χ3n) is 3.35. The molecule has 6 heteroatoms. The first-order valence-electron chi connectivity index (χ1n) is 6.22. The molecule has 2 heterocycles. The number of hydrogen-bond donors (Lipinski definition) is 0. The molecule has 19 heavy (non-hydrogen) atoms. The van der Waals surface area contributed by atoms with Gasteiger partial charge >= 0.3 is 5.97 Å². The van der Waals surface area contributed by atoms with Crippen LogP contribution in [0.15, 0.2) is 15.3 Å². The van der Waals surface area contributed by atoms with E-state index in [-0.39, 0.29) is 5.97 Å². The molecule has 2 aromatic heterocycles. The highest BCUT2D eigenvalue weighted by molar-refractivity contribution is 7.08. The largest absolute Gasteiger partial charge is 0.465 e. The topological polar surface area (TPSA) is 65.2 Å². The first kappa shape index (κ1) is 12.3. The van der Waals surface area contributed by atoms with Crippen molar-refractivity contribution in [2.45, 2.75) is 32.1 Å². The van der Waals surface area contributed by atoms with Crippen LogP contribution in [-0.4, -0.2) is 22.7 Å². The van der Waals surface area contributed by atoms with Crippen LogP contribution in [0, 0.1) is 6.92 Å². The Labute approximate surface area is 114 Å². The molecule has 0 aromatic carbocycles. The molecule has 1 aliphatic carbocycles. The van der Waals surface area contributed by atoms with Gasteiger partial charge in [0, 0.05) is 10.9 Å². The van der Waals surface area contributed by atoms with E-state index < -0.39 is 5.41 Å². The molecule has 3 rings (SSSR count). The van der Waals surface area contributed by atoms with Crippen LogP contribution < -0.4 is 0 Å². The zero-order valence-electron chi connectivity index (χ0n) is 10.8. The van der Waals surface area contributed by atoms with Crippen molar-refractivity contribution in [3.05, 3.63) is 22.2 Å². The lowest BCUT2D eigenvalue weighted by Gasteiger charge is -2.07. The van der Waals surface area contributed by atoms with Gasteiger partial charge < -0.3 is 9.26 Å². The Hall–Kier alpha value is -1.69. The second-order valence-electron chi connectivity index (χ2n) is 4.69. The van der Waals surface area contributed by atoms with Gasteiger partial charge in [0.1, 0.15) is 5.41 Å². The summed E-state index contributed by atoms with van der Waals surface area (Å²) in [5.41, 5.74) is 1.38. The predicted octanol–water partition coefficient (Wildman–Crippen LogP) is 2.70. The SMILES string of the molecule is CCOC(=O)C1(c2nc(-c3cscc3C)no2)CC1. The van der Waals surface area contributed by atoms with Gasteiger partial charge in [-0.15, -0.1) is 0 Å². The summed E-state index contributed by atoms with van der Waals surface area (Å²) in [6.45, 7) is 4.16. The molecular formula is C13H14N2O3S. The van der Waals surface area contributed by atoms with E-state index in [0.717, 1.165) is 24.0 Å². The summed E-state index contributed by atoms with van der Waals surface area (Å²) in [4.78, 5) is 16.3. The van der Waals surface area contributed by atoms with E-state index in [1.165, 1.54) is 0 Å². The van der Waals surface area contributed by atoms with Gasteiger partial charge in [0.15, 0.2) is 0 Å². The average molecular weight is 278 g/mol. The summed E-state index contributed by atoms with van der Waals surface area (Å²) >= 11 is 1.59. The van der Waals surface area contributed by atoms with Crippen LogP contribution in [0.5, 0.6) is 0 Å². The molecule has 2 aromatic rings. The minimum Gasteiger partial charge on any atom is -0.465 e. The molecule has 5 nitrogen and oxygen atoms in total. The van der Waals surface area contributed by atoms with E-state index in [1.807, 2.05) is 17.7 Å². The minimum absolute atomic E-state index is 0.257. The van der Waals surface area contributed by atoms with Crippen molar-refractivity contribution in [2.24, 2.45) is 0 Å². The predicted molar refractivity (Wildman–Crippen MR) is 69.9 cm³/mol. The van der Waals surface area contributed by atoms with Gasteiger partial charge in [0.2, 0.25) is 11.7 Å². The number of ether oxygens (including phenoxy) is 1. The van der Waals surface area contributed by atoms with Gasteiger partial charge in [-0.3, -0.25) is 4.79 Å². The average Bonchev–Trinajstić information content (AvgIpc) is 2.86. The van der Waals surface area contributed by atoms with Gasteiger partial charge in [0.25, 0.3) is 0 Å². The number of carbonyl (C=O) groups is 1. The summed E-state index contributed by atoms with van der Waals surface area (Å²) in [5, 5.41) is 7.99. The molecule has 0 unspecified atom stereocenters. The maximum Gasteiger partial charge on any atom is 0.321 e. The fourth-order valence-electron chi connectivity index (χ4n) is 2.02. The first-order chi connectivity index (χ1) is 9.17. The molecule has 0 atom stereocenters. The molecule has 0 radical (unpaired) electrons. The fourth-order valence-corrected chi connectivity index (χ4v) is 2.84. The summed E-state index contributed by atoms with van der Waals surface area (Å²) in [5.74, 6) is 0.670. The van der Waals surface area contributed by atoms with E-state index in [1.54, 1.807) is 18.3 Å². The number of esters is 1. The van der Waals surface area contributed by atoms with Crippen molar-refractivity contribution >= 4 is 17.3 Å². The van der Waals surface area contributed by atoms with E-state index in [2.05, 4.69) is 10.1 Å². The molecule has 100 valence electrons. The lowest BCUT2D eigenvalue weighted by molar-refractivity contribution is -0.146. The van der Waals surface area contributed by atoms with Crippen molar-refractivity contribution in [3.63, 3.8) is 0 Å². The second kappa shape index (κ2) is 4.45. The van der Waals surface area contributed by atoms with Crippen LogP contribution in [0.4, 0.5) is 0 Å². The fraction of sp³-hybridized carbons (Fsp3) is 0.462. The van der Waals surface area contributed by atoms with E-state index in [9.17, 15) is 4.79 Å². The molecule has 1 aliphatic rings. The summed E-state index contributed by atoms with van der Waals surface area (Å²) in [6, 6.07) is 0. The highest BCUT2D eigenvalue weighted by Gasteiger charge is 2.57. The van der Waals surface area contributed by atoms with Crippen LogP contribution in [0.1, 0.15) is 31.2 Å². The van der Waals surface area contributed by atoms with Crippen molar-refractivity contribution in [1.82, 2.24) is 10.1 Å². The quantitative estimate of drug-likeness (QED) is 0.804. The number of thiophene rings is 1. The van der Waals surface area contributed by atoms with Gasteiger partial charge in [-0.1, -0.05) is 5.16 Å². The Balaban J connectivity index is 1.90. The van der Waals surface area contributed by atoms with Crippen LogP contribution in [0.2, 0.25) is 0 Å². The first-order valence-corrected chi connectivity index (χ1v) is 7.16. The highest BCUT2D eigenvalue weighted by atomic mass is 32.1. The van der Waals surface area contributed by atoms with Gasteiger partial charge in [-0.25, -0.2) is 0 Å². The molecule has 0 bridgehead atoms. The molecule has 1 saturated carbocycles. The van der Waals surface area contributed by atoms with Gasteiger partial charge in [-0.05, 0) is 37.6 Å². The third-order valence-corrected chi connectivity index (χ3v) is 4.21. The Morgan fingerprint density at radius 2 is 2.32 bits per heavy atom. The van der Waals surface area contributed by atoms with Crippen molar-refractivity contribution in [1.29, 1.82) is 0 Å². The molecular weight excluding hydrogens is 264 g/mol. The molecule has 0 amide bonds. The van der Waals surface area contributed by atoms with Crippen molar-refractivity contribution in [2.75, 3.05) is 6.61 Å². The molecule has 0 aliphatic heterocycles. The molecule has 1 fully saturated rings. The number of hydrogen-bond acceptors (Lipinski definition) is 6. The Bertz CT molecular complexity index is 613. The summed E-state index contributed by atoms with van der Waals surface area (Å²) < 4.78 is 10.4. The Morgan fingerprint density at radius 3 is 2.89 bits per heavy atom. The van der Waals surface area contributed by atoms with Gasteiger partial charge in [-0.2, -0.15) is 16.3 Å². The smallest absolute Gasteiger partial charge is 0.321 e. The second-order valence-corrected chi connectivity index (χ2v) is 5.44. The summed E-state index contributed by atoms with van der Waals surface area (Å²) in [6.07, 6.45) is 1.44. The van der Waals surface area contributed by atoms with Crippen LogP contribution in [0.3, 0.4) is 0 Å². The number of rotatable bonds is 4. The monoisotopic (exact) mass is 278 g/mol. The highest BCUT2D eigenvalue weighted by Crippen LogP contribution is 2.48. The zero-order valence-corrected chi connectivity index (χ0v) is 11.6. The number of aromatic nitrogens is 2.